The predicted molar refractivity (Wildman–Crippen MR) is 92.2 cm³/mol. The molecule has 0 bridgehead atoms. The Morgan fingerprint density at radius 3 is 2.43 bits per heavy atom. The number of amides is 1. The molecule has 0 fully saturated rings. The van der Waals surface area contributed by atoms with Gasteiger partial charge in [0, 0.05) is 6.42 Å². The molecule has 0 aliphatic carbocycles. The molecule has 0 heterocycles. The SMILES string of the molecule is CCCCCCC(=O)[C@H](CCC)NC(=O)OCc1ccccc1. The molecule has 1 aromatic rings. The van der Waals surface area contributed by atoms with Crippen molar-refractivity contribution in [2.24, 2.45) is 0 Å². The fourth-order valence-electron chi connectivity index (χ4n) is 2.41. The van der Waals surface area contributed by atoms with Crippen LogP contribution < -0.4 is 5.32 Å². The van der Waals surface area contributed by atoms with E-state index in [1.165, 1.54) is 0 Å². The smallest absolute Gasteiger partial charge is 0.408 e. The quantitative estimate of drug-likeness (QED) is 0.605. The second-order valence-corrected chi connectivity index (χ2v) is 5.82. The monoisotopic (exact) mass is 319 g/mol. The Bertz CT molecular complexity index is 459. The van der Waals surface area contributed by atoms with Gasteiger partial charge >= 0.3 is 6.09 Å². The Kier molecular flexibility index (Phi) is 9.76. The molecule has 0 spiro atoms. The number of Topliss-reactive ketones (excluding diaryl/α,β-unsaturated/α-hetero) is 1. The molecule has 23 heavy (non-hydrogen) atoms. The molecule has 0 radical (unpaired) electrons. The number of ether oxygens (including phenoxy) is 1. The number of ketones is 1. The lowest BCUT2D eigenvalue weighted by atomic mass is 10.0. The molecule has 1 aromatic carbocycles. The van der Waals surface area contributed by atoms with Gasteiger partial charge in [0.2, 0.25) is 0 Å². The van der Waals surface area contributed by atoms with E-state index in [1.54, 1.807) is 0 Å². The zero-order valence-electron chi connectivity index (χ0n) is 14.3. The Morgan fingerprint density at radius 1 is 1.04 bits per heavy atom. The summed E-state index contributed by atoms with van der Waals surface area (Å²) in [6.07, 6.45) is 5.79. The normalized spacial score (nSPS) is 11.7. The minimum absolute atomic E-state index is 0.111. The van der Waals surface area contributed by atoms with Crippen LogP contribution >= 0.6 is 0 Å². The first-order valence-electron chi connectivity index (χ1n) is 8.67. The van der Waals surface area contributed by atoms with Crippen molar-refractivity contribution < 1.29 is 14.3 Å². The zero-order valence-corrected chi connectivity index (χ0v) is 14.3. The number of benzene rings is 1. The summed E-state index contributed by atoms with van der Waals surface area (Å²) in [7, 11) is 0. The van der Waals surface area contributed by atoms with Gasteiger partial charge in [-0.3, -0.25) is 4.79 Å². The van der Waals surface area contributed by atoms with E-state index in [2.05, 4.69) is 12.2 Å². The first-order chi connectivity index (χ1) is 11.2. The zero-order chi connectivity index (χ0) is 16.9. The predicted octanol–water partition coefficient (Wildman–Crippen LogP) is 4.62. The highest BCUT2D eigenvalue weighted by Gasteiger charge is 2.19. The van der Waals surface area contributed by atoms with Crippen LogP contribution in [0.1, 0.15) is 64.4 Å². The molecule has 0 aliphatic rings. The van der Waals surface area contributed by atoms with Crippen molar-refractivity contribution >= 4 is 11.9 Å². The van der Waals surface area contributed by atoms with Gasteiger partial charge in [0.1, 0.15) is 6.61 Å². The third-order valence-corrected chi connectivity index (χ3v) is 3.75. The van der Waals surface area contributed by atoms with Gasteiger partial charge in [-0.25, -0.2) is 4.79 Å². The molecule has 1 rings (SSSR count). The van der Waals surface area contributed by atoms with Crippen LogP contribution in [0.2, 0.25) is 0 Å². The van der Waals surface area contributed by atoms with Crippen molar-refractivity contribution in [2.75, 3.05) is 0 Å². The van der Waals surface area contributed by atoms with E-state index >= 15 is 0 Å². The third kappa shape index (κ3) is 8.38. The van der Waals surface area contributed by atoms with Crippen LogP contribution in [0.25, 0.3) is 0 Å². The van der Waals surface area contributed by atoms with Gasteiger partial charge in [-0.2, -0.15) is 0 Å². The average molecular weight is 319 g/mol. The molecule has 0 saturated heterocycles. The lowest BCUT2D eigenvalue weighted by molar-refractivity contribution is -0.121. The number of hydrogen-bond acceptors (Lipinski definition) is 3. The number of carbonyl (C=O) groups is 2. The van der Waals surface area contributed by atoms with Crippen molar-refractivity contribution in [3.05, 3.63) is 35.9 Å². The van der Waals surface area contributed by atoms with Crippen LogP contribution in [-0.2, 0) is 16.1 Å². The summed E-state index contributed by atoms with van der Waals surface area (Å²) in [6.45, 7) is 4.37. The van der Waals surface area contributed by atoms with E-state index in [-0.39, 0.29) is 12.4 Å². The van der Waals surface area contributed by atoms with Gasteiger partial charge in [0.05, 0.1) is 6.04 Å². The van der Waals surface area contributed by atoms with Crippen molar-refractivity contribution in [3.63, 3.8) is 0 Å². The molecular weight excluding hydrogens is 290 g/mol. The van der Waals surface area contributed by atoms with Crippen molar-refractivity contribution in [1.82, 2.24) is 5.32 Å². The second kappa shape index (κ2) is 11.7. The van der Waals surface area contributed by atoms with Crippen LogP contribution in [0.3, 0.4) is 0 Å². The van der Waals surface area contributed by atoms with E-state index in [4.69, 9.17) is 4.74 Å². The molecule has 128 valence electrons. The molecule has 1 atom stereocenters. The Hall–Kier alpha value is -1.84. The summed E-state index contributed by atoms with van der Waals surface area (Å²) in [4.78, 5) is 24.1. The summed E-state index contributed by atoms with van der Waals surface area (Å²) >= 11 is 0. The minimum Gasteiger partial charge on any atom is -0.445 e. The van der Waals surface area contributed by atoms with Crippen molar-refractivity contribution in [2.45, 2.75) is 71.4 Å². The van der Waals surface area contributed by atoms with Crippen LogP contribution in [-0.4, -0.2) is 17.9 Å². The van der Waals surface area contributed by atoms with Crippen LogP contribution in [0.5, 0.6) is 0 Å². The Balaban J connectivity index is 2.38. The first-order valence-corrected chi connectivity index (χ1v) is 8.67. The number of unbranched alkanes of at least 4 members (excludes halogenated alkanes) is 3. The molecule has 4 heteroatoms. The molecule has 4 nitrogen and oxygen atoms in total. The molecule has 0 aliphatic heterocycles. The summed E-state index contributed by atoms with van der Waals surface area (Å²) in [5.41, 5.74) is 0.931. The average Bonchev–Trinajstić information content (AvgIpc) is 2.57. The summed E-state index contributed by atoms with van der Waals surface area (Å²) in [5.74, 6) is 0.111. The van der Waals surface area contributed by atoms with Crippen LogP contribution in [0, 0.1) is 0 Å². The van der Waals surface area contributed by atoms with Gasteiger partial charge in [-0.15, -0.1) is 0 Å². The van der Waals surface area contributed by atoms with E-state index < -0.39 is 12.1 Å². The molecule has 1 N–H and O–H groups in total. The number of hydrogen-bond donors (Lipinski definition) is 1. The number of carbonyl (C=O) groups excluding carboxylic acids is 2. The highest BCUT2D eigenvalue weighted by Crippen LogP contribution is 2.08. The summed E-state index contributed by atoms with van der Waals surface area (Å²) in [6, 6.07) is 9.08. The maximum atomic E-state index is 12.2. The number of nitrogens with one attached hydrogen (secondary N) is 1. The first kappa shape index (κ1) is 19.2. The lowest BCUT2D eigenvalue weighted by Crippen LogP contribution is -2.41. The van der Waals surface area contributed by atoms with Crippen LogP contribution in [0.4, 0.5) is 4.79 Å². The van der Waals surface area contributed by atoms with E-state index in [9.17, 15) is 9.59 Å². The topological polar surface area (TPSA) is 55.4 Å². The van der Waals surface area contributed by atoms with Gasteiger partial charge in [-0.05, 0) is 18.4 Å². The third-order valence-electron chi connectivity index (χ3n) is 3.75. The van der Waals surface area contributed by atoms with Gasteiger partial charge in [-0.1, -0.05) is 69.9 Å². The van der Waals surface area contributed by atoms with Crippen molar-refractivity contribution in [1.29, 1.82) is 0 Å². The summed E-state index contributed by atoms with van der Waals surface area (Å²) in [5, 5.41) is 2.72. The van der Waals surface area contributed by atoms with Crippen LogP contribution in [0.15, 0.2) is 30.3 Å². The fourth-order valence-corrected chi connectivity index (χ4v) is 2.41. The van der Waals surface area contributed by atoms with Gasteiger partial charge in [0.25, 0.3) is 0 Å². The molecule has 1 amide bonds. The number of alkyl carbamates (subject to hydrolysis) is 1. The second-order valence-electron chi connectivity index (χ2n) is 5.82. The molecule has 0 aromatic heterocycles. The Labute approximate surface area is 139 Å². The van der Waals surface area contributed by atoms with E-state index in [0.717, 1.165) is 37.7 Å². The molecule has 0 unspecified atom stereocenters. The standard InChI is InChI=1S/C19H29NO3/c1-3-5-6-10-14-18(21)17(11-4-2)20-19(22)23-15-16-12-8-7-9-13-16/h7-9,12-13,17H,3-6,10-11,14-15H2,1-2H3,(H,20,22)/t17-/m0/s1. The molecule has 0 saturated carbocycles. The highest BCUT2D eigenvalue weighted by molar-refractivity contribution is 5.87. The highest BCUT2D eigenvalue weighted by atomic mass is 16.5. The lowest BCUT2D eigenvalue weighted by Gasteiger charge is -2.17. The fraction of sp³-hybridized carbons (Fsp3) is 0.579. The van der Waals surface area contributed by atoms with Crippen molar-refractivity contribution in [3.8, 4) is 0 Å². The Morgan fingerprint density at radius 2 is 1.78 bits per heavy atom. The van der Waals surface area contributed by atoms with Gasteiger partial charge in [0.15, 0.2) is 5.78 Å². The number of rotatable bonds is 11. The minimum atomic E-state index is -0.519. The maximum Gasteiger partial charge on any atom is 0.408 e. The van der Waals surface area contributed by atoms with E-state index in [1.807, 2.05) is 37.3 Å². The largest absolute Gasteiger partial charge is 0.445 e. The maximum absolute atomic E-state index is 12.2. The van der Waals surface area contributed by atoms with E-state index in [0.29, 0.717) is 12.8 Å². The van der Waals surface area contributed by atoms with Gasteiger partial charge < -0.3 is 10.1 Å². The molecular formula is C19H29NO3. The summed E-state index contributed by atoms with van der Waals surface area (Å²) < 4.78 is 5.20.